The van der Waals surface area contributed by atoms with Crippen molar-refractivity contribution in [2.24, 2.45) is 0 Å². The molecule has 1 aliphatic rings. The summed E-state index contributed by atoms with van der Waals surface area (Å²) in [6, 6.07) is 7.21. The third-order valence-corrected chi connectivity index (χ3v) is 3.07. The van der Waals surface area contributed by atoms with Gasteiger partial charge in [0.25, 0.3) is 5.91 Å². The topological polar surface area (TPSA) is 64.3 Å². The number of benzene rings is 1. The lowest BCUT2D eigenvalue weighted by Gasteiger charge is -2.19. The van der Waals surface area contributed by atoms with Crippen LogP contribution in [0.1, 0.15) is 33.9 Å². The monoisotopic (exact) mass is 230 g/mol. The van der Waals surface area contributed by atoms with Crippen molar-refractivity contribution in [3.63, 3.8) is 0 Å². The highest BCUT2D eigenvalue weighted by Crippen LogP contribution is 2.34. The molecule has 88 valence electrons. The number of aliphatic hydroxyl groups excluding tert-OH is 1. The molecule has 1 aromatic rings. The van der Waals surface area contributed by atoms with E-state index in [0.717, 1.165) is 11.1 Å². The van der Waals surface area contributed by atoms with E-state index < -0.39 is 6.04 Å². The normalized spacial score (nSPS) is 18.1. The van der Waals surface area contributed by atoms with E-state index in [2.05, 4.69) is 6.07 Å². The quantitative estimate of drug-likeness (QED) is 0.853. The van der Waals surface area contributed by atoms with Crippen LogP contribution < -0.4 is 0 Å². The largest absolute Gasteiger partial charge is 0.396 e. The molecular formula is C13H14N2O2. The number of nitrogens with zero attached hydrogens (tertiary/aromatic N) is 2. The van der Waals surface area contributed by atoms with Crippen molar-refractivity contribution in [2.45, 2.75) is 19.4 Å². The Morgan fingerprint density at radius 1 is 1.53 bits per heavy atom. The van der Waals surface area contributed by atoms with E-state index in [1.54, 1.807) is 0 Å². The molecule has 1 aliphatic heterocycles. The SMILES string of the molecule is Cc1cccc2c1C(=O)N(CCCO)C2C#N. The second-order valence-corrected chi connectivity index (χ2v) is 4.15. The summed E-state index contributed by atoms with van der Waals surface area (Å²) < 4.78 is 0. The van der Waals surface area contributed by atoms with Gasteiger partial charge >= 0.3 is 0 Å². The van der Waals surface area contributed by atoms with E-state index in [4.69, 9.17) is 5.11 Å². The molecule has 1 N–H and O–H groups in total. The van der Waals surface area contributed by atoms with Gasteiger partial charge < -0.3 is 10.0 Å². The van der Waals surface area contributed by atoms with Gasteiger partial charge in [-0.2, -0.15) is 5.26 Å². The summed E-state index contributed by atoms with van der Waals surface area (Å²) in [5.74, 6) is -0.0990. The fourth-order valence-corrected chi connectivity index (χ4v) is 2.25. The number of fused-ring (bicyclic) bond motifs is 1. The Morgan fingerprint density at radius 3 is 2.94 bits per heavy atom. The van der Waals surface area contributed by atoms with E-state index in [9.17, 15) is 10.1 Å². The molecule has 2 rings (SSSR count). The Morgan fingerprint density at radius 2 is 2.29 bits per heavy atom. The Balaban J connectivity index is 2.41. The fourth-order valence-electron chi connectivity index (χ4n) is 2.25. The van der Waals surface area contributed by atoms with Gasteiger partial charge in [-0.05, 0) is 18.9 Å². The second-order valence-electron chi connectivity index (χ2n) is 4.15. The smallest absolute Gasteiger partial charge is 0.255 e. The molecule has 4 heteroatoms. The highest BCUT2D eigenvalue weighted by molar-refractivity contribution is 6.01. The number of hydrogen-bond acceptors (Lipinski definition) is 3. The summed E-state index contributed by atoms with van der Waals surface area (Å²) in [5.41, 5.74) is 2.34. The molecule has 0 radical (unpaired) electrons. The van der Waals surface area contributed by atoms with Crippen molar-refractivity contribution in [3.8, 4) is 6.07 Å². The molecule has 0 spiro atoms. The van der Waals surface area contributed by atoms with Gasteiger partial charge in [-0.1, -0.05) is 18.2 Å². The number of rotatable bonds is 3. The lowest BCUT2D eigenvalue weighted by molar-refractivity contribution is 0.0746. The minimum Gasteiger partial charge on any atom is -0.396 e. The summed E-state index contributed by atoms with van der Waals surface area (Å²) in [7, 11) is 0. The van der Waals surface area contributed by atoms with Crippen LogP contribution in [0, 0.1) is 18.3 Å². The van der Waals surface area contributed by atoms with E-state index in [0.29, 0.717) is 18.5 Å². The summed E-state index contributed by atoms with van der Waals surface area (Å²) in [6.45, 7) is 2.32. The van der Waals surface area contributed by atoms with Crippen LogP contribution in [-0.2, 0) is 0 Å². The van der Waals surface area contributed by atoms with Crippen molar-refractivity contribution < 1.29 is 9.90 Å². The zero-order valence-electron chi connectivity index (χ0n) is 9.68. The summed E-state index contributed by atoms with van der Waals surface area (Å²) >= 11 is 0. The predicted molar refractivity (Wildman–Crippen MR) is 62.3 cm³/mol. The minimum atomic E-state index is -0.510. The molecule has 0 saturated heterocycles. The van der Waals surface area contributed by atoms with Crippen LogP contribution in [0.5, 0.6) is 0 Å². The number of carbonyl (C=O) groups is 1. The maximum Gasteiger partial charge on any atom is 0.255 e. The summed E-state index contributed by atoms with van der Waals surface area (Å²) in [6.07, 6.45) is 0.497. The van der Waals surface area contributed by atoms with Crippen LogP contribution in [0.25, 0.3) is 0 Å². The van der Waals surface area contributed by atoms with Gasteiger partial charge in [0, 0.05) is 24.3 Å². The van der Waals surface area contributed by atoms with Gasteiger partial charge in [-0.25, -0.2) is 0 Å². The molecule has 0 aromatic heterocycles. The van der Waals surface area contributed by atoms with Crippen molar-refractivity contribution >= 4 is 5.91 Å². The Kier molecular flexibility index (Phi) is 3.12. The standard InChI is InChI=1S/C13H14N2O2/c1-9-4-2-5-10-11(8-14)15(6-3-7-16)13(17)12(9)10/h2,4-5,11,16H,3,6-7H2,1H3. The second kappa shape index (κ2) is 4.56. The minimum absolute atomic E-state index is 0.0251. The molecule has 1 unspecified atom stereocenters. The molecule has 17 heavy (non-hydrogen) atoms. The lowest BCUT2D eigenvalue weighted by Crippen LogP contribution is -2.29. The van der Waals surface area contributed by atoms with Crippen LogP contribution in [0.2, 0.25) is 0 Å². The highest BCUT2D eigenvalue weighted by atomic mass is 16.3. The van der Waals surface area contributed by atoms with Crippen LogP contribution >= 0.6 is 0 Å². The number of aryl methyl sites for hydroxylation is 1. The zero-order chi connectivity index (χ0) is 12.4. The van der Waals surface area contributed by atoms with Crippen molar-refractivity contribution in [1.82, 2.24) is 4.90 Å². The van der Waals surface area contributed by atoms with Crippen molar-refractivity contribution in [3.05, 3.63) is 34.9 Å². The van der Waals surface area contributed by atoms with E-state index in [1.807, 2.05) is 25.1 Å². The number of nitriles is 1. The summed E-state index contributed by atoms with van der Waals surface area (Å²) in [5, 5.41) is 18.0. The maximum absolute atomic E-state index is 12.2. The van der Waals surface area contributed by atoms with Crippen LogP contribution in [0.15, 0.2) is 18.2 Å². The third kappa shape index (κ3) is 1.79. The lowest BCUT2D eigenvalue weighted by atomic mass is 10.0. The highest BCUT2D eigenvalue weighted by Gasteiger charge is 2.37. The first-order valence-electron chi connectivity index (χ1n) is 5.61. The van der Waals surface area contributed by atoms with Crippen molar-refractivity contribution in [2.75, 3.05) is 13.2 Å². The average molecular weight is 230 g/mol. The van der Waals surface area contributed by atoms with Crippen molar-refractivity contribution in [1.29, 1.82) is 5.26 Å². The number of amides is 1. The van der Waals surface area contributed by atoms with Gasteiger partial charge in [0.05, 0.1) is 6.07 Å². The van der Waals surface area contributed by atoms with E-state index in [1.165, 1.54) is 4.90 Å². The van der Waals surface area contributed by atoms with E-state index in [-0.39, 0.29) is 12.5 Å². The van der Waals surface area contributed by atoms with Crippen LogP contribution in [-0.4, -0.2) is 29.1 Å². The molecular weight excluding hydrogens is 216 g/mol. The maximum atomic E-state index is 12.2. The number of aliphatic hydroxyl groups is 1. The Bertz CT molecular complexity index is 491. The van der Waals surface area contributed by atoms with Crippen LogP contribution in [0.3, 0.4) is 0 Å². The predicted octanol–water partition coefficient (Wildman–Crippen LogP) is 1.40. The molecule has 4 nitrogen and oxygen atoms in total. The molecule has 1 heterocycles. The van der Waals surface area contributed by atoms with Gasteiger partial charge in [-0.3, -0.25) is 4.79 Å². The number of hydrogen-bond donors (Lipinski definition) is 1. The zero-order valence-corrected chi connectivity index (χ0v) is 9.68. The molecule has 0 saturated carbocycles. The third-order valence-electron chi connectivity index (χ3n) is 3.07. The molecule has 0 bridgehead atoms. The molecule has 0 fully saturated rings. The molecule has 1 aromatic carbocycles. The first-order valence-corrected chi connectivity index (χ1v) is 5.61. The first kappa shape index (κ1) is 11.6. The van der Waals surface area contributed by atoms with Gasteiger partial charge in [0.2, 0.25) is 0 Å². The summed E-state index contributed by atoms with van der Waals surface area (Å²) in [4.78, 5) is 13.7. The first-order chi connectivity index (χ1) is 8.20. The number of carbonyl (C=O) groups excluding carboxylic acids is 1. The molecule has 1 atom stereocenters. The van der Waals surface area contributed by atoms with Crippen LogP contribution in [0.4, 0.5) is 0 Å². The molecule has 1 amide bonds. The Hall–Kier alpha value is -1.86. The average Bonchev–Trinajstić information content (AvgIpc) is 2.60. The van der Waals surface area contributed by atoms with Gasteiger partial charge in [-0.15, -0.1) is 0 Å². The molecule has 0 aliphatic carbocycles. The van der Waals surface area contributed by atoms with E-state index >= 15 is 0 Å². The fraction of sp³-hybridized carbons (Fsp3) is 0.385. The van der Waals surface area contributed by atoms with Gasteiger partial charge in [0.1, 0.15) is 6.04 Å². The van der Waals surface area contributed by atoms with Gasteiger partial charge in [0.15, 0.2) is 0 Å². The Labute approximate surface area is 100 Å².